The first-order valence-corrected chi connectivity index (χ1v) is 5.33. The van der Waals surface area contributed by atoms with Crippen LogP contribution in [0.2, 0.25) is 0 Å². The van der Waals surface area contributed by atoms with Crippen LogP contribution in [-0.4, -0.2) is 38.7 Å². The normalized spacial score (nSPS) is 25.7. The largest absolute Gasteiger partial charge is 0.453 e. The number of carbonyl (C=O) groups is 2. The van der Waals surface area contributed by atoms with E-state index in [0.29, 0.717) is 6.54 Å². The predicted molar refractivity (Wildman–Crippen MR) is 54.5 cm³/mol. The second-order valence-electron chi connectivity index (χ2n) is 4.15. The lowest BCUT2D eigenvalue weighted by atomic mass is 9.99. The Morgan fingerprint density at radius 3 is 2.53 bits per heavy atom. The Bertz CT molecular complexity index is 235. The third-order valence-electron chi connectivity index (χ3n) is 2.82. The van der Waals surface area contributed by atoms with E-state index in [1.54, 1.807) is 0 Å². The lowest BCUT2D eigenvalue weighted by Crippen LogP contribution is -3.14. The van der Waals surface area contributed by atoms with Crippen molar-refractivity contribution in [2.75, 3.05) is 26.7 Å². The fourth-order valence-corrected chi connectivity index (χ4v) is 1.78. The smallest absolute Gasteiger partial charge is 0.413 e. The Balaban J connectivity index is 2.23. The Morgan fingerprint density at radius 2 is 2.00 bits per heavy atom. The molecular weight excluding hydrogens is 196 g/mol. The van der Waals surface area contributed by atoms with E-state index in [2.05, 4.69) is 17.0 Å². The number of alkyl carbamates (subject to hydrolysis) is 1. The first kappa shape index (κ1) is 12.0. The number of amides is 2. The molecule has 0 saturated carbocycles. The Kier molecular flexibility index (Phi) is 4.55. The third-order valence-corrected chi connectivity index (χ3v) is 2.82. The molecule has 1 aliphatic heterocycles. The van der Waals surface area contributed by atoms with E-state index in [1.165, 1.54) is 12.0 Å². The Morgan fingerprint density at radius 1 is 1.40 bits per heavy atom. The van der Waals surface area contributed by atoms with Crippen LogP contribution in [0.15, 0.2) is 0 Å². The van der Waals surface area contributed by atoms with E-state index in [0.717, 1.165) is 31.8 Å². The van der Waals surface area contributed by atoms with E-state index >= 15 is 0 Å². The number of quaternary nitrogens is 1. The van der Waals surface area contributed by atoms with Gasteiger partial charge in [0.1, 0.15) is 0 Å². The number of nitrogens with one attached hydrogen (secondary N) is 2. The van der Waals surface area contributed by atoms with E-state index in [1.807, 2.05) is 0 Å². The van der Waals surface area contributed by atoms with Crippen molar-refractivity contribution in [3.05, 3.63) is 0 Å². The SMILES string of the molecule is COC(=O)NC(=O)C[NH+]1CCC(C)CC1. The van der Waals surface area contributed by atoms with E-state index in [9.17, 15) is 9.59 Å². The maximum Gasteiger partial charge on any atom is 0.413 e. The molecule has 1 aliphatic rings. The number of piperidine rings is 1. The highest BCUT2D eigenvalue weighted by molar-refractivity contribution is 5.92. The number of hydrogen-bond acceptors (Lipinski definition) is 3. The van der Waals surface area contributed by atoms with Crippen molar-refractivity contribution in [2.24, 2.45) is 5.92 Å². The van der Waals surface area contributed by atoms with Gasteiger partial charge in [0.25, 0.3) is 5.91 Å². The number of ether oxygens (including phenoxy) is 1. The van der Waals surface area contributed by atoms with Crippen LogP contribution in [0.5, 0.6) is 0 Å². The highest BCUT2D eigenvalue weighted by Gasteiger charge is 2.21. The van der Waals surface area contributed by atoms with Gasteiger partial charge in [0.15, 0.2) is 6.54 Å². The second-order valence-corrected chi connectivity index (χ2v) is 4.15. The minimum atomic E-state index is -0.676. The molecule has 0 aliphatic carbocycles. The van der Waals surface area contributed by atoms with Crippen molar-refractivity contribution in [1.82, 2.24) is 5.32 Å². The number of carbonyl (C=O) groups excluding carboxylic acids is 2. The lowest BCUT2D eigenvalue weighted by Gasteiger charge is -2.26. The van der Waals surface area contributed by atoms with Gasteiger partial charge < -0.3 is 9.64 Å². The fraction of sp³-hybridized carbons (Fsp3) is 0.800. The van der Waals surface area contributed by atoms with E-state index in [-0.39, 0.29) is 5.91 Å². The monoisotopic (exact) mass is 215 g/mol. The summed E-state index contributed by atoms with van der Waals surface area (Å²) in [6.45, 7) is 4.61. The quantitative estimate of drug-likeness (QED) is 0.633. The molecule has 1 rings (SSSR count). The molecule has 2 N–H and O–H groups in total. The second kappa shape index (κ2) is 5.70. The minimum Gasteiger partial charge on any atom is -0.453 e. The first-order valence-electron chi connectivity index (χ1n) is 5.33. The number of methoxy groups -OCH3 is 1. The number of hydrogen-bond donors (Lipinski definition) is 2. The van der Waals surface area contributed by atoms with Crippen LogP contribution >= 0.6 is 0 Å². The molecule has 0 spiro atoms. The van der Waals surface area contributed by atoms with Gasteiger partial charge in [-0.25, -0.2) is 4.79 Å². The summed E-state index contributed by atoms with van der Waals surface area (Å²) in [6.07, 6.45) is 1.63. The first-order chi connectivity index (χ1) is 7.11. The molecule has 1 saturated heterocycles. The summed E-state index contributed by atoms with van der Waals surface area (Å²) >= 11 is 0. The zero-order valence-electron chi connectivity index (χ0n) is 9.34. The van der Waals surface area contributed by atoms with Gasteiger partial charge >= 0.3 is 6.09 Å². The standard InChI is InChI=1S/C10H18N2O3/c1-8-3-5-12(6-4-8)7-9(13)11-10(14)15-2/h8H,3-7H2,1-2H3,(H,11,13,14)/p+1. The van der Waals surface area contributed by atoms with Crippen LogP contribution in [0, 0.1) is 5.92 Å². The average Bonchev–Trinajstić information content (AvgIpc) is 2.21. The molecular formula is C10H19N2O3+. The maximum absolute atomic E-state index is 11.3. The van der Waals surface area contributed by atoms with Gasteiger partial charge in [-0.1, -0.05) is 6.92 Å². The Labute approximate surface area is 89.8 Å². The van der Waals surface area contributed by atoms with Crippen molar-refractivity contribution in [2.45, 2.75) is 19.8 Å². The zero-order chi connectivity index (χ0) is 11.3. The van der Waals surface area contributed by atoms with Gasteiger partial charge in [0.05, 0.1) is 20.2 Å². The van der Waals surface area contributed by atoms with Crippen LogP contribution in [0.1, 0.15) is 19.8 Å². The van der Waals surface area contributed by atoms with Gasteiger partial charge in [-0.3, -0.25) is 10.1 Å². The fourth-order valence-electron chi connectivity index (χ4n) is 1.78. The topological polar surface area (TPSA) is 59.8 Å². The summed E-state index contributed by atoms with van der Waals surface area (Å²) in [5.74, 6) is 0.504. The van der Waals surface area contributed by atoms with E-state index < -0.39 is 6.09 Å². The summed E-state index contributed by atoms with van der Waals surface area (Å²) in [7, 11) is 1.25. The zero-order valence-corrected chi connectivity index (χ0v) is 9.34. The summed E-state index contributed by atoms with van der Waals surface area (Å²) in [5, 5.41) is 2.17. The van der Waals surface area contributed by atoms with Crippen LogP contribution < -0.4 is 10.2 Å². The maximum atomic E-state index is 11.3. The molecule has 0 atom stereocenters. The van der Waals surface area contributed by atoms with Crippen molar-refractivity contribution in [1.29, 1.82) is 0 Å². The molecule has 2 amide bonds. The van der Waals surface area contributed by atoms with Gasteiger partial charge in [0.2, 0.25) is 0 Å². The van der Waals surface area contributed by atoms with Crippen molar-refractivity contribution in [3.63, 3.8) is 0 Å². The summed E-state index contributed by atoms with van der Waals surface area (Å²) in [4.78, 5) is 23.3. The summed E-state index contributed by atoms with van der Waals surface area (Å²) in [6, 6.07) is 0. The number of imide groups is 1. The molecule has 1 heterocycles. The molecule has 5 heteroatoms. The molecule has 15 heavy (non-hydrogen) atoms. The molecule has 0 radical (unpaired) electrons. The van der Waals surface area contributed by atoms with Gasteiger partial charge in [-0.2, -0.15) is 0 Å². The minimum absolute atomic E-state index is 0.258. The Hall–Kier alpha value is -1.10. The average molecular weight is 215 g/mol. The highest BCUT2D eigenvalue weighted by Crippen LogP contribution is 2.06. The van der Waals surface area contributed by atoms with Gasteiger partial charge in [-0.15, -0.1) is 0 Å². The van der Waals surface area contributed by atoms with Crippen LogP contribution in [-0.2, 0) is 9.53 Å². The summed E-state index contributed by atoms with van der Waals surface area (Å²) < 4.78 is 4.35. The van der Waals surface area contributed by atoms with Crippen molar-refractivity contribution >= 4 is 12.0 Å². The van der Waals surface area contributed by atoms with Gasteiger partial charge in [0, 0.05) is 0 Å². The molecule has 0 aromatic carbocycles. The lowest BCUT2D eigenvalue weighted by molar-refractivity contribution is -0.898. The third kappa shape index (κ3) is 4.29. The molecule has 86 valence electrons. The molecule has 0 unspecified atom stereocenters. The van der Waals surface area contributed by atoms with Crippen LogP contribution in [0.25, 0.3) is 0 Å². The molecule has 0 aromatic heterocycles. The highest BCUT2D eigenvalue weighted by atomic mass is 16.5. The molecule has 0 aromatic rings. The van der Waals surface area contributed by atoms with Crippen molar-refractivity contribution in [3.8, 4) is 0 Å². The molecule has 5 nitrogen and oxygen atoms in total. The number of rotatable bonds is 2. The molecule has 0 bridgehead atoms. The van der Waals surface area contributed by atoms with E-state index in [4.69, 9.17) is 0 Å². The van der Waals surface area contributed by atoms with Crippen LogP contribution in [0.3, 0.4) is 0 Å². The van der Waals surface area contributed by atoms with Crippen LogP contribution in [0.4, 0.5) is 4.79 Å². The predicted octanol–water partition coefficient (Wildman–Crippen LogP) is -0.816. The van der Waals surface area contributed by atoms with Gasteiger partial charge in [-0.05, 0) is 18.8 Å². The molecule has 1 fully saturated rings. The van der Waals surface area contributed by atoms with Crippen molar-refractivity contribution < 1.29 is 19.2 Å². The summed E-state index contributed by atoms with van der Waals surface area (Å²) in [5.41, 5.74) is 0. The number of likely N-dealkylation sites (tertiary alicyclic amines) is 1.